The summed E-state index contributed by atoms with van der Waals surface area (Å²) in [4.78, 5) is 35.7. The zero-order valence-corrected chi connectivity index (χ0v) is 9.94. The van der Waals surface area contributed by atoms with Crippen LogP contribution in [0.4, 0.5) is 0 Å². The zero-order chi connectivity index (χ0) is 13.9. The van der Waals surface area contributed by atoms with Crippen LogP contribution in [0.1, 0.15) is 39.0 Å². The molecule has 3 N–H and O–H groups in total. The molecule has 0 fully saturated rings. The molecule has 0 radical (unpaired) electrons. The number of aromatic amines is 1. The third-order valence-corrected chi connectivity index (χ3v) is 2.38. The number of aromatic carboxylic acids is 2. The van der Waals surface area contributed by atoms with Gasteiger partial charge in [-0.25, -0.2) is 9.59 Å². The van der Waals surface area contributed by atoms with Gasteiger partial charge in [0, 0.05) is 5.69 Å². The van der Waals surface area contributed by atoms with E-state index in [4.69, 9.17) is 14.9 Å². The molecule has 0 aliphatic rings. The lowest BCUT2D eigenvalue weighted by Gasteiger charge is -2.01. The van der Waals surface area contributed by atoms with Gasteiger partial charge in [-0.2, -0.15) is 0 Å². The second-order valence-corrected chi connectivity index (χ2v) is 3.57. The van der Waals surface area contributed by atoms with Crippen molar-refractivity contribution in [2.75, 3.05) is 6.61 Å². The fraction of sp³-hybridized carbons (Fsp3) is 0.364. The minimum absolute atomic E-state index is 0.0378. The van der Waals surface area contributed by atoms with Gasteiger partial charge in [0.2, 0.25) is 0 Å². The summed E-state index contributed by atoms with van der Waals surface area (Å²) in [5, 5.41) is 17.9. The Hall–Kier alpha value is -2.31. The standard InChI is InChI=1S/C11H13NO6/c1-3-18-7(13)4-6-8(10(14)15)5(2)9(12-6)11(16)17/h12H,3-4H2,1-2H3,(H,14,15)(H,16,17). The summed E-state index contributed by atoms with van der Waals surface area (Å²) >= 11 is 0. The van der Waals surface area contributed by atoms with Crippen LogP contribution in [0.3, 0.4) is 0 Å². The molecule has 0 unspecified atom stereocenters. The normalized spacial score (nSPS) is 10.1. The summed E-state index contributed by atoms with van der Waals surface area (Å²) in [6.07, 6.45) is -0.302. The van der Waals surface area contributed by atoms with Gasteiger partial charge in [0.25, 0.3) is 0 Å². The van der Waals surface area contributed by atoms with Crippen LogP contribution in [-0.4, -0.2) is 39.7 Å². The Kier molecular flexibility index (Phi) is 4.09. The first kappa shape index (κ1) is 13.8. The number of aromatic nitrogens is 1. The van der Waals surface area contributed by atoms with Crippen LogP contribution in [0.2, 0.25) is 0 Å². The highest BCUT2D eigenvalue weighted by Gasteiger charge is 2.24. The number of rotatable bonds is 5. The first-order chi connectivity index (χ1) is 8.38. The molecular weight excluding hydrogens is 242 g/mol. The first-order valence-electron chi connectivity index (χ1n) is 5.22. The molecule has 0 spiro atoms. The average molecular weight is 255 g/mol. The van der Waals surface area contributed by atoms with Crippen LogP contribution in [0.15, 0.2) is 0 Å². The van der Waals surface area contributed by atoms with Crippen molar-refractivity contribution in [1.29, 1.82) is 0 Å². The van der Waals surface area contributed by atoms with Gasteiger partial charge in [0.15, 0.2) is 0 Å². The number of esters is 1. The Morgan fingerprint density at radius 3 is 2.28 bits per heavy atom. The molecule has 0 aliphatic carbocycles. The molecule has 7 nitrogen and oxygen atoms in total. The van der Waals surface area contributed by atoms with Gasteiger partial charge >= 0.3 is 17.9 Å². The lowest BCUT2D eigenvalue weighted by molar-refractivity contribution is -0.142. The fourth-order valence-electron chi connectivity index (χ4n) is 1.65. The third-order valence-electron chi connectivity index (χ3n) is 2.38. The van der Waals surface area contributed by atoms with Crippen LogP contribution >= 0.6 is 0 Å². The maximum absolute atomic E-state index is 11.3. The number of nitrogens with one attached hydrogen (secondary N) is 1. The molecule has 0 amide bonds. The Balaban J connectivity index is 3.18. The highest BCUT2D eigenvalue weighted by atomic mass is 16.5. The maximum atomic E-state index is 11.3. The number of H-pyrrole nitrogens is 1. The van der Waals surface area contributed by atoms with Crippen LogP contribution in [0.25, 0.3) is 0 Å². The summed E-state index contributed by atoms with van der Waals surface area (Å²) < 4.78 is 4.69. The second kappa shape index (κ2) is 5.35. The van der Waals surface area contributed by atoms with Gasteiger partial charge in [0.1, 0.15) is 5.69 Å². The third kappa shape index (κ3) is 2.68. The van der Waals surface area contributed by atoms with E-state index in [1.807, 2.05) is 0 Å². The van der Waals surface area contributed by atoms with E-state index < -0.39 is 17.9 Å². The molecule has 0 aliphatic heterocycles. The molecule has 1 heterocycles. The predicted molar refractivity (Wildman–Crippen MR) is 59.8 cm³/mol. The second-order valence-electron chi connectivity index (χ2n) is 3.57. The molecule has 98 valence electrons. The zero-order valence-electron chi connectivity index (χ0n) is 9.94. The van der Waals surface area contributed by atoms with Gasteiger partial charge in [-0.1, -0.05) is 0 Å². The van der Waals surface area contributed by atoms with E-state index in [-0.39, 0.29) is 35.5 Å². The lowest BCUT2D eigenvalue weighted by Crippen LogP contribution is -2.11. The van der Waals surface area contributed by atoms with Crippen LogP contribution in [-0.2, 0) is 16.0 Å². The average Bonchev–Trinajstić information content (AvgIpc) is 2.55. The number of ether oxygens (including phenoxy) is 1. The van der Waals surface area contributed by atoms with E-state index in [0.717, 1.165) is 0 Å². The largest absolute Gasteiger partial charge is 0.478 e. The summed E-state index contributed by atoms with van der Waals surface area (Å²) in [6, 6.07) is 0. The Morgan fingerprint density at radius 1 is 1.22 bits per heavy atom. The molecule has 1 aromatic rings. The van der Waals surface area contributed by atoms with Gasteiger partial charge in [-0.3, -0.25) is 4.79 Å². The number of hydrogen-bond donors (Lipinski definition) is 3. The molecule has 1 rings (SSSR count). The van der Waals surface area contributed by atoms with Crippen molar-refractivity contribution in [3.63, 3.8) is 0 Å². The van der Waals surface area contributed by atoms with Crippen molar-refractivity contribution in [2.45, 2.75) is 20.3 Å². The quantitative estimate of drug-likeness (QED) is 0.671. The summed E-state index contributed by atoms with van der Waals surface area (Å²) in [5.41, 5.74) is -0.294. The molecule has 1 aromatic heterocycles. The first-order valence-corrected chi connectivity index (χ1v) is 5.22. The van der Waals surface area contributed by atoms with Gasteiger partial charge in [-0.05, 0) is 19.4 Å². The number of carbonyl (C=O) groups excluding carboxylic acids is 1. The van der Waals surface area contributed by atoms with Gasteiger partial charge in [-0.15, -0.1) is 0 Å². The van der Waals surface area contributed by atoms with Crippen LogP contribution in [0, 0.1) is 6.92 Å². The molecule has 0 saturated heterocycles. The van der Waals surface area contributed by atoms with Crippen molar-refractivity contribution in [3.8, 4) is 0 Å². The number of carboxylic acid groups (broad SMARTS) is 2. The highest BCUT2D eigenvalue weighted by molar-refractivity contribution is 5.98. The fourth-order valence-corrected chi connectivity index (χ4v) is 1.65. The number of carboxylic acids is 2. The molecule has 0 bridgehead atoms. The predicted octanol–water partition coefficient (Wildman–Crippen LogP) is 0.825. The van der Waals surface area contributed by atoms with Crippen molar-refractivity contribution in [2.24, 2.45) is 0 Å². The Labute approximate surface area is 102 Å². The summed E-state index contributed by atoms with van der Waals surface area (Å²) in [5.74, 6) is -3.17. The minimum Gasteiger partial charge on any atom is -0.478 e. The molecule has 7 heteroatoms. The lowest BCUT2D eigenvalue weighted by atomic mass is 10.1. The van der Waals surface area contributed by atoms with Crippen LogP contribution < -0.4 is 0 Å². The molecule has 18 heavy (non-hydrogen) atoms. The highest BCUT2D eigenvalue weighted by Crippen LogP contribution is 2.19. The molecule has 0 aromatic carbocycles. The van der Waals surface area contributed by atoms with E-state index in [1.165, 1.54) is 6.92 Å². The molecule has 0 atom stereocenters. The Bertz CT molecular complexity index is 502. The van der Waals surface area contributed by atoms with Gasteiger partial charge in [0.05, 0.1) is 18.6 Å². The molecule has 0 saturated carbocycles. The minimum atomic E-state index is -1.28. The SMILES string of the molecule is CCOC(=O)Cc1[nH]c(C(=O)O)c(C)c1C(=O)O. The van der Waals surface area contributed by atoms with Gasteiger partial charge < -0.3 is 19.9 Å². The van der Waals surface area contributed by atoms with E-state index >= 15 is 0 Å². The maximum Gasteiger partial charge on any atom is 0.352 e. The Morgan fingerprint density at radius 2 is 1.83 bits per heavy atom. The number of hydrogen-bond acceptors (Lipinski definition) is 4. The van der Waals surface area contributed by atoms with Crippen molar-refractivity contribution in [1.82, 2.24) is 4.98 Å². The molecular formula is C11H13NO6. The van der Waals surface area contributed by atoms with E-state index in [0.29, 0.717) is 0 Å². The monoisotopic (exact) mass is 255 g/mol. The number of carbonyl (C=O) groups is 3. The van der Waals surface area contributed by atoms with E-state index in [2.05, 4.69) is 4.98 Å². The summed E-state index contributed by atoms with van der Waals surface area (Å²) in [6.45, 7) is 3.17. The summed E-state index contributed by atoms with van der Waals surface area (Å²) in [7, 11) is 0. The van der Waals surface area contributed by atoms with Crippen molar-refractivity contribution < 1.29 is 29.3 Å². The smallest absolute Gasteiger partial charge is 0.352 e. The van der Waals surface area contributed by atoms with E-state index in [9.17, 15) is 14.4 Å². The van der Waals surface area contributed by atoms with Crippen LogP contribution in [0.5, 0.6) is 0 Å². The van der Waals surface area contributed by atoms with Crippen molar-refractivity contribution in [3.05, 3.63) is 22.5 Å². The van der Waals surface area contributed by atoms with E-state index in [1.54, 1.807) is 6.92 Å². The topological polar surface area (TPSA) is 117 Å². The van der Waals surface area contributed by atoms with Crippen molar-refractivity contribution >= 4 is 17.9 Å².